The van der Waals surface area contributed by atoms with Crippen LogP contribution >= 0.6 is 23.4 Å². The van der Waals surface area contributed by atoms with Crippen molar-refractivity contribution in [3.63, 3.8) is 0 Å². The van der Waals surface area contributed by atoms with Gasteiger partial charge in [-0.1, -0.05) is 35.5 Å². The molecule has 0 saturated heterocycles. The third-order valence-corrected chi connectivity index (χ3v) is 5.68. The third kappa shape index (κ3) is 3.08. The van der Waals surface area contributed by atoms with Crippen LogP contribution in [0.4, 0.5) is 4.39 Å². The molecule has 132 valence electrons. The average molecular weight is 389 g/mol. The lowest BCUT2D eigenvalue weighted by molar-refractivity contribution is 0.0980. The highest BCUT2D eigenvalue weighted by Gasteiger charge is 2.37. The van der Waals surface area contributed by atoms with Gasteiger partial charge in [-0.2, -0.15) is 0 Å². The summed E-state index contributed by atoms with van der Waals surface area (Å²) in [6, 6.07) is 12.6. The van der Waals surface area contributed by atoms with Crippen LogP contribution in [0.15, 0.2) is 53.7 Å². The Labute approximate surface area is 158 Å². The smallest absolute Gasteiger partial charge is 0.210 e. The fourth-order valence-corrected chi connectivity index (χ4v) is 4.19. The van der Waals surface area contributed by atoms with Crippen LogP contribution in [0.5, 0.6) is 0 Å². The van der Waals surface area contributed by atoms with E-state index in [2.05, 4.69) is 15.6 Å². The number of ketones is 1. The summed E-state index contributed by atoms with van der Waals surface area (Å²) in [7, 11) is 0. The van der Waals surface area contributed by atoms with Gasteiger partial charge in [-0.25, -0.2) is 9.07 Å². The molecule has 0 unspecified atom stereocenters. The van der Waals surface area contributed by atoms with Crippen LogP contribution in [0.1, 0.15) is 27.8 Å². The first kappa shape index (κ1) is 17.1. The number of hydrogen-bond acceptors (Lipinski definition) is 5. The van der Waals surface area contributed by atoms with Crippen LogP contribution in [0.2, 0.25) is 5.02 Å². The molecular weight excluding hydrogens is 375 g/mol. The molecule has 3 aromatic rings. The minimum absolute atomic E-state index is 0.102. The number of thioether (sulfide) groups is 1. The van der Waals surface area contributed by atoms with Crippen molar-refractivity contribution in [3.8, 4) is 0 Å². The number of Topliss-reactive ketones (excluding diaryl/α,β-unsaturated/α-hetero) is 1. The van der Waals surface area contributed by atoms with Gasteiger partial charge in [0.2, 0.25) is 5.16 Å². The van der Waals surface area contributed by atoms with E-state index in [1.807, 2.05) is 19.1 Å². The van der Waals surface area contributed by atoms with Crippen molar-refractivity contribution < 1.29 is 9.18 Å². The molecule has 1 aliphatic heterocycles. The van der Waals surface area contributed by atoms with Crippen molar-refractivity contribution in [3.05, 3.63) is 76.3 Å². The van der Waals surface area contributed by atoms with Crippen LogP contribution in [0, 0.1) is 12.7 Å². The first-order valence-electron chi connectivity index (χ1n) is 7.93. The summed E-state index contributed by atoms with van der Waals surface area (Å²) in [5.41, 5.74) is 4.70. The van der Waals surface area contributed by atoms with Crippen molar-refractivity contribution >= 4 is 29.1 Å². The van der Waals surface area contributed by atoms with E-state index in [4.69, 9.17) is 11.6 Å². The summed E-state index contributed by atoms with van der Waals surface area (Å²) in [5.74, 6) is 0.231. The van der Waals surface area contributed by atoms with E-state index in [-0.39, 0.29) is 17.6 Å². The van der Waals surface area contributed by atoms with Crippen molar-refractivity contribution in [1.82, 2.24) is 14.9 Å². The molecule has 2 atom stereocenters. The minimum Gasteiger partial charge on any atom is -0.313 e. The highest BCUT2D eigenvalue weighted by Crippen LogP contribution is 2.38. The van der Waals surface area contributed by atoms with E-state index in [1.165, 1.54) is 36.0 Å². The van der Waals surface area contributed by atoms with Gasteiger partial charge in [0.15, 0.2) is 5.78 Å². The average Bonchev–Trinajstić information content (AvgIpc) is 3.02. The normalized spacial score (nSPS) is 18.9. The quantitative estimate of drug-likeness (QED) is 0.687. The summed E-state index contributed by atoms with van der Waals surface area (Å²) < 4.78 is 15.0. The van der Waals surface area contributed by atoms with Crippen molar-refractivity contribution in [2.75, 3.05) is 5.43 Å². The lowest BCUT2D eigenvalue weighted by Crippen LogP contribution is -2.39. The molecule has 1 N–H and O–H groups in total. The fraction of sp³-hybridized carbons (Fsp3) is 0.167. The number of rotatable bonds is 3. The monoisotopic (exact) mass is 388 g/mol. The zero-order valence-corrected chi connectivity index (χ0v) is 15.3. The lowest BCUT2D eigenvalue weighted by atomic mass is 9.97. The predicted molar refractivity (Wildman–Crippen MR) is 98.7 cm³/mol. The molecular formula is C18H14ClFN4OS. The summed E-state index contributed by atoms with van der Waals surface area (Å²) in [5, 5.41) is 8.95. The first-order chi connectivity index (χ1) is 12.5. The summed E-state index contributed by atoms with van der Waals surface area (Å²) >= 11 is 7.34. The van der Waals surface area contributed by atoms with E-state index in [1.54, 1.807) is 16.8 Å². The number of nitrogens with zero attached hydrogens (tertiary/aromatic N) is 3. The number of carbonyl (C=O) groups is 1. The van der Waals surface area contributed by atoms with Gasteiger partial charge in [-0.05, 0) is 48.9 Å². The summed E-state index contributed by atoms with van der Waals surface area (Å²) in [6.45, 7) is 1.84. The van der Waals surface area contributed by atoms with Crippen molar-refractivity contribution in [1.29, 1.82) is 0 Å². The van der Waals surface area contributed by atoms with Gasteiger partial charge in [-0.3, -0.25) is 4.79 Å². The van der Waals surface area contributed by atoms with Crippen LogP contribution in [-0.2, 0) is 0 Å². The highest BCUT2D eigenvalue weighted by molar-refractivity contribution is 8.00. The lowest BCUT2D eigenvalue weighted by Gasteiger charge is -2.32. The Bertz CT molecular complexity index is 958. The zero-order valence-electron chi connectivity index (χ0n) is 13.7. The Balaban J connectivity index is 1.74. The number of aromatic nitrogens is 3. The first-order valence-corrected chi connectivity index (χ1v) is 9.19. The second kappa shape index (κ2) is 6.74. The summed E-state index contributed by atoms with van der Waals surface area (Å²) in [4.78, 5) is 13.1. The number of fused-ring (bicyclic) bond motifs is 1. The molecule has 2 aromatic carbocycles. The topological polar surface area (TPSA) is 59.8 Å². The molecule has 0 aliphatic carbocycles. The standard InChI is InChI=1S/C18H14ClFN4OS/c1-10-21-22-18-24(10)23-15(11-2-6-13(19)7-3-11)17(26-18)16(25)12-4-8-14(20)9-5-12/h2-9,15,17,23H,1H3/t15-,17-/m1/s1. The van der Waals surface area contributed by atoms with Crippen molar-refractivity contribution in [2.45, 2.75) is 23.4 Å². The second-order valence-electron chi connectivity index (χ2n) is 5.93. The van der Waals surface area contributed by atoms with E-state index in [9.17, 15) is 9.18 Å². The molecule has 0 fully saturated rings. The van der Waals surface area contributed by atoms with Gasteiger partial charge in [0.05, 0.1) is 6.04 Å². The maximum atomic E-state index is 13.2. The fourth-order valence-electron chi connectivity index (χ4n) is 2.86. The molecule has 4 rings (SSSR count). The Morgan fingerprint density at radius 3 is 2.54 bits per heavy atom. The van der Waals surface area contributed by atoms with Crippen LogP contribution < -0.4 is 5.43 Å². The molecule has 0 saturated carbocycles. The maximum absolute atomic E-state index is 13.2. The molecule has 8 heteroatoms. The van der Waals surface area contributed by atoms with E-state index >= 15 is 0 Å². The van der Waals surface area contributed by atoms with Crippen LogP contribution in [0.25, 0.3) is 0 Å². The molecule has 26 heavy (non-hydrogen) atoms. The van der Waals surface area contributed by atoms with Gasteiger partial charge in [0.25, 0.3) is 0 Å². The van der Waals surface area contributed by atoms with Gasteiger partial charge in [-0.15, -0.1) is 10.2 Å². The summed E-state index contributed by atoms with van der Waals surface area (Å²) in [6.07, 6.45) is 0. The molecule has 1 aromatic heterocycles. The van der Waals surface area contributed by atoms with E-state index in [0.29, 0.717) is 21.6 Å². The number of benzene rings is 2. The van der Waals surface area contributed by atoms with Gasteiger partial charge >= 0.3 is 0 Å². The number of halogens is 2. The zero-order chi connectivity index (χ0) is 18.3. The Morgan fingerprint density at radius 1 is 1.15 bits per heavy atom. The number of hydrogen-bond donors (Lipinski definition) is 1. The van der Waals surface area contributed by atoms with Crippen LogP contribution in [-0.4, -0.2) is 25.9 Å². The van der Waals surface area contributed by atoms with Gasteiger partial charge in [0.1, 0.15) is 16.9 Å². The van der Waals surface area contributed by atoms with Gasteiger partial charge in [0, 0.05) is 10.6 Å². The van der Waals surface area contributed by atoms with E-state index < -0.39 is 5.25 Å². The molecule has 0 radical (unpaired) electrons. The minimum atomic E-state index is -0.474. The SMILES string of the molecule is Cc1nnc2n1N[C@H](c1ccc(Cl)cc1)[C@H](C(=O)c1ccc(F)cc1)S2. The second-order valence-corrected chi connectivity index (χ2v) is 7.48. The molecule has 0 bridgehead atoms. The Kier molecular flexibility index (Phi) is 4.42. The Hall–Kier alpha value is -2.38. The number of aryl methyl sites for hydroxylation is 1. The predicted octanol–water partition coefficient (Wildman–Crippen LogP) is 4.02. The number of carbonyl (C=O) groups excluding carboxylic acids is 1. The molecule has 1 aliphatic rings. The third-order valence-electron chi connectivity index (χ3n) is 4.21. The Morgan fingerprint density at radius 2 is 1.85 bits per heavy atom. The van der Waals surface area contributed by atoms with Gasteiger partial charge < -0.3 is 5.43 Å². The highest BCUT2D eigenvalue weighted by atomic mass is 35.5. The van der Waals surface area contributed by atoms with Crippen molar-refractivity contribution in [2.24, 2.45) is 0 Å². The number of nitrogens with one attached hydrogen (secondary N) is 1. The van der Waals surface area contributed by atoms with Crippen LogP contribution in [0.3, 0.4) is 0 Å². The molecule has 0 spiro atoms. The largest absolute Gasteiger partial charge is 0.313 e. The maximum Gasteiger partial charge on any atom is 0.210 e. The molecule has 0 amide bonds. The molecule has 2 heterocycles. The van der Waals surface area contributed by atoms with E-state index in [0.717, 1.165) is 5.56 Å². The molecule has 5 nitrogen and oxygen atoms in total.